The number of ketones is 1. The predicted molar refractivity (Wildman–Crippen MR) is 138 cm³/mol. The van der Waals surface area contributed by atoms with Crippen LogP contribution in [0.5, 0.6) is 0 Å². The van der Waals surface area contributed by atoms with E-state index in [0.29, 0.717) is 19.5 Å². The van der Waals surface area contributed by atoms with Gasteiger partial charge in [-0.2, -0.15) is 0 Å². The van der Waals surface area contributed by atoms with Gasteiger partial charge in [0.05, 0.1) is 13.1 Å². The molecule has 1 fully saturated rings. The number of carboxylic acids is 3. The van der Waals surface area contributed by atoms with Crippen LogP contribution in [0, 0.1) is 0 Å². The fraction of sp³-hybridized carbons (Fsp3) is 0.640. The molecule has 0 aromatic carbocycles. The molecule has 1 atom stereocenters. The average Bonchev–Trinajstić information content (AvgIpc) is 3.23. The summed E-state index contributed by atoms with van der Waals surface area (Å²) < 4.78 is 0. The summed E-state index contributed by atoms with van der Waals surface area (Å²) >= 11 is 0. The van der Waals surface area contributed by atoms with Gasteiger partial charge in [-0.1, -0.05) is 0 Å². The number of nitrogens with zero attached hydrogens (tertiary/aromatic N) is 4. The lowest BCUT2D eigenvalue weighted by Crippen LogP contribution is -2.47. The highest BCUT2D eigenvalue weighted by molar-refractivity contribution is 6.13. The van der Waals surface area contributed by atoms with Crippen LogP contribution in [0.25, 0.3) is 0 Å². The zero-order valence-electron chi connectivity index (χ0n) is 22.3. The Bertz CT molecular complexity index is 954. The van der Waals surface area contributed by atoms with Crippen molar-refractivity contribution >= 4 is 41.4 Å². The van der Waals surface area contributed by atoms with E-state index >= 15 is 0 Å². The molecule has 1 saturated heterocycles. The summed E-state index contributed by atoms with van der Waals surface area (Å²) in [5.41, 5.74) is 0. The van der Waals surface area contributed by atoms with Gasteiger partial charge >= 0.3 is 17.9 Å². The van der Waals surface area contributed by atoms with E-state index in [1.165, 1.54) is 0 Å². The number of rotatable bonds is 16. The number of Topliss-reactive ketones (excluding diaryl/α,β-unsaturated/α-hetero) is 1. The molecule has 0 aromatic rings. The molecule has 2 heterocycles. The Labute approximate surface area is 231 Å². The summed E-state index contributed by atoms with van der Waals surface area (Å²) in [6, 6.07) is -1.01. The van der Waals surface area contributed by atoms with Gasteiger partial charge in [0.1, 0.15) is 11.8 Å². The zero-order valence-corrected chi connectivity index (χ0v) is 22.3. The first kappa shape index (κ1) is 32.5. The van der Waals surface area contributed by atoms with Gasteiger partial charge in [0.2, 0.25) is 5.91 Å². The second-order valence-electron chi connectivity index (χ2n) is 9.67. The maximum atomic E-state index is 12.4. The van der Waals surface area contributed by atoms with Crippen molar-refractivity contribution in [1.82, 2.24) is 24.9 Å². The molecule has 0 radical (unpaired) electrons. The van der Waals surface area contributed by atoms with Crippen molar-refractivity contribution in [2.24, 2.45) is 0 Å². The van der Waals surface area contributed by atoms with Gasteiger partial charge in [-0.05, 0) is 12.8 Å². The molecule has 2 aliphatic rings. The first-order chi connectivity index (χ1) is 19.0. The van der Waals surface area contributed by atoms with E-state index < -0.39 is 35.8 Å². The summed E-state index contributed by atoms with van der Waals surface area (Å²) in [7, 11) is 0. The molecular formula is C25H37N5O10. The largest absolute Gasteiger partial charge is 0.480 e. The van der Waals surface area contributed by atoms with Gasteiger partial charge < -0.3 is 20.6 Å². The first-order valence-electron chi connectivity index (χ1n) is 13.1. The van der Waals surface area contributed by atoms with E-state index in [-0.39, 0.29) is 89.7 Å². The minimum atomic E-state index is -1.13. The van der Waals surface area contributed by atoms with Crippen LogP contribution in [0.3, 0.4) is 0 Å². The third-order valence-corrected chi connectivity index (χ3v) is 6.70. The maximum Gasteiger partial charge on any atom is 0.320 e. The Kier molecular flexibility index (Phi) is 13.4. The lowest BCUT2D eigenvalue weighted by atomic mass is 10.0. The number of nitrogens with one attached hydrogen (secondary N) is 1. The second-order valence-corrected chi connectivity index (χ2v) is 9.67. The van der Waals surface area contributed by atoms with Gasteiger partial charge in [-0.3, -0.25) is 53.2 Å². The Morgan fingerprint density at radius 1 is 0.775 bits per heavy atom. The van der Waals surface area contributed by atoms with Crippen molar-refractivity contribution in [3.63, 3.8) is 0 Å². The fourth-order valence-corrected chi connectivity index (χ4v) is 4.52. The minimum Gasteiger partial charge on any atom is -0.480 e. The number of hydrogen-bond donors (Lipinski definition) is 4. The van der Waals surface area contributed by atoms with Gasteiger partial charge in [-0.25, -0.2) is 0 Å². The van der Waals surface area contributed by atoms with E-state index in [2.05, 4.69) is 5.32 Å². The Balaban J connectivity index is 1.80. The maximum absolute atomic E-state index is 12.4. The molecule has 0 saturated carbocycles. The van der Waals surface area contributed by atoms with Crippen LogP contribution in [0.1, 0.15) is 32.1 Å². The van der Waals surface area contributed by atoms with E-state index in [1.54, 1.807) is 14.7 Å². The zero-order chi connectivity index (χ0) is 29.7. The lowest BCUT2D eigenvalue weighted by molar-refractivity contribution is -0.145. The average molecular weight is 568 g/mol. The summed E-state index contributed by atoms with van der Waals surface area (Å²) in [5.74, 6) is -4.69. The minimum absolute atomic E-state index is 0.00865. The predicted octanol–water partition coefficient (Wildman–Crippen LogP) is -1.91. The van der Waals surface area contributed by atoms with Crippen LogP contribution < -0.4 is 5.32 Å². The molecular weight excluding hydrogens is 530 g/mol. The SMILES string of the molecule is O=C(O)CN1CCN(CC(=O)O)CCN(C(CCC(=O)CCCNC(=O)CCN2C(=O)C=CC2=O)C(=O)O)CC1. The smallest absolute Gasteiger partial charge is 0.320 e. The van der Waals surface area contributed by atoms with E-state index in [0.717, 1.165) is 17.1 Å². The van der Waals surface area contributed by atoms with Gasteiger partial charge in [0.25, 0.3) is 11.8 Å². The normalized spacial score (nSPS) is 18.1. The lowest BCUT2D eigenvalue weighted by Gasteiger charge is -2.30. The topological polar surface area (TPSA) is 205 Å². The summed E-state index contributed by atoms with van der Waals surface area (Å²) in [6.07, 6.45) is 2.70. The molecule has 0 spiro atoms. The number of amides is 3. The van der Waals surface area contributed by atoms with Crippen LogP contribution in [-0.4, -0.2) is 148 Å². The Morgan fingerprint density at radius 2 is 1.30 bits per heavy atom. The highest BCUT2D eigenvalue weighted by Crippen LogP contribution is 2.12. The van der Waals surface area contributed by atoms with Crippen LogP contribution >= 0.6 is 0 Å². The fourth-order valence-electron chi connectivity index (χ4n) is 4.52. The molecule has 4 N–H and O–H groups in total. The molecule has 2 aliphatic heterocycles. The number of imide groups is 1. The van der Waals surface area contributed by atoms with E-state index in [1.807, 2.05) is 0 Å². The van der Waals surface area contributed by atoms with Crippen molar-refractivity contribution < 1.29 is 48.9 Å². The van der Waals surface area contributed by atoms with Crippen molar-refractivity contribution in [2.45, 2.75) is 38.1 Å². The molecule has 15 heteroatoms. The molecule has 0 aliphatic carbocycles. The molecule has 15 nitrogen and oxygen atoms in total. The van der Waals surface area contributed by atoms with Crippen LogP contribution in [0.2, 0.25) is 0 Å². The van der Waals surface area contributed by atoms with Crippen LogP contribution in [-0.2, 0) is 33.6 Å². The van der Waals surface area contributed by atoms with Crippen LogP contribution in [0.15, 0.2) is 12.2 Å². The standard InChI is InChI=1S/C25H37N5O10/c31-18(2-1-8-26-20(32)7-9-30-21(33)5-6-22(30)34)3-4-19(25(39)40)29-14-12-27(16-23(35)36)10-11-28(13-15-29)17-24(37)38/h5-6,19H,1-4,7-17H2,(H,26,32)(H,35,36)(H,37,38)(H,39,40). The van der Waals surface area contributed by atoms with Crippen LogP contribution in [0.4, 0.5) is 0 Å². The van der Waals surface area contributed by atoms with E-state index in [4.69, 9.17) is 0 Å². The molecule has 40 heavy (non-hydrogen) atoms. The Morgan fingerprint density at radius 3 is 1.80 bits per heavy atom. The van der Waals surface area contributed by atoms with E-state index in [9.17, 15) is 48.9 Å². The molecule has 1 unspecified atom stereocenters. The van der Waals surface area contributed by atoms with Gasteiger partial charge in [0, 0.05) is 83.8 Å². The Hall–Kier alpha value is -3.69. The molecule has 0 bridgehead atoms. The molecule has 0 aromatic heterocycles. The van der Waals surface area contributed by atoms with Crippen molar-refractivity contribution in [1.29, 1.82) is 0 Å². The number of carbonyl (C=O) groups is 7. The third kappa shape index (κ3) is 11.6. The second kappa shape index (κ2) is 16.4. The summed E-state index contributed by atoms with van der Waals surface area (Å²) in [6.45, 7) is 1.36. The quantitative estimate of drug-likeness (QED) is 0.119. The molecule has 222 valence electrons. The van der Waals surface area contributed by atoms with Crippen molar-refractivity contribution in [2.75, 3.05) is 65.4 Å². The van der Waals surface area contributed by atoms with Gasteiger partial charge in [-0.15, -0.1) is 0 Å². The first-order valence-corrected chi connectivity index (χ1v) is 13.1. The molecule has 3 amide bonds. The number of carboxylic acid groups (broad SMARTS) is 3. The van der Waals surface area contributed by atoms with Crippen molar-refractivity contribution in [3.05, 3.63) is 12.2 Å². The number of hydrogen-bond acceptors (Lipinski definition) is 10. The molecule has 2 rings (SSSR count). The van der Waals surface area contributed by atoms with Gasteiger partial charge in [0.15, 0.2) is 0 Å². The number of aliphatic carboxylic acids is 3. The number of carbonyl (C=O) groups excluding carboxylic acids is 4. The summed E-state index contributed by atoms with van der Waals surface area (Å²) in [5, 5.41) is 30.9. The monoisotopic (exact) mass is 567 g/mol. The highest BCUT2D eigenvalue weighted by Gasteiger charge is 2.29. The van der Waals surface area contributed by atoms with Crippen molar-refractivity contribution in [3.8, 4) is 0 Å². The third-order valence-electron chi connectivity index (χ3n) is 6.70. The highest BCUT2D eigenvalue weighted by atomic mass is 16.4. The summed E-state index contributed by atoms with van der Waals surface area (Å²) in [4.78, 5) is 87.8.